The number of hydrogen-bond donors (Lipinski definition) is 0. The molecule has 0 aromatic carbocycles. The van der Waals surface area contributed by atoms with Crippen LogP contribution in [0.15, 0.2) is 23.6 Å². The predicted octanol–water partition coefficient (Wildman–Crippen LogP) is 2.38. The first kappa shape index (κ1) is 14.3. The summed E-state index contributed by atoms with van der Waals surface area (Å²) in [5.74, 6) is 0.157. The van der Waals surface area contributed by atoms with Gasteiger partial charge in [-0.1, -0.05) is 6.07 Å². The van der Waals surface area contributed by atoms with Crippen LogP contribution in [0.25, 0.3) is 10.6 Å². The number of aryl methyl sites for hydroxylation is 1. The van der Waals surface area contributed by atoms with Crippen molar-refractivity contribution in [3.63, 3.8) is 0 Å². The van der Waals surface area contributed by atoms with Crippen molar-refractivity contribution < 1.29 is 9.53 Å². The molecule has 21 heavy (non-hydrogen) atoms. The van der Waals surface area contributed by atoms with E-state index in [9.17, 15) is 4.79 Å². The third-order valence-electron chi connectivity index (χ3n) is 3.66. The third-order valence-corrected chi connectivity index (χ3v) is 4.55. The Balaban J connectivity index is 1.77. The van der Waals surface area contributed by atoms with Crippen LogP contribution in [0, 0.1) is 0 Å². The van der Waals surface area contributed by atoms with E-state index in [1.54, 1.807) is 18.4 Å². The van der Waals surface area contributed by atoms with Gasteiger partial charge in [-0.3, -0.25) is 9.48 Å². The number of carbonyl (C=O) groups is 1. The summed E-state index contributed by atoms with van der Waals surface area (Å²) in [6.07, 6.45) is 1.39. The molecule has 2 aromatic heterocycles. The maximum atomic E-state index is 12.2. The highest BCUT2D eigenvalue weighted by molar-refractivity contribution is 7.13. The molecule has 3 rings (SSSR count). The van der Waals surface area contributed by atoms with E-state index in [2.05, 4.69) is 22.6 Å². The molecule has 0 spiro atoms. The Labute approximate surface area is 128 Å². The van der Waals surface area contributed by atoms with Crippen LogP contribution >= 0.6 is 11.3 Å². The van der Waals surface area contributed by atoms with Gasteiger partial charge in [0.15, 0.2) is 0 Å². The van der Waals surface area contributed by atoms with Crippen molar-refractivity contribution in [2.75, 3.05) is 20.3 Å². The summed E-state index contributed by atoms with van der Waals surface area (Å²) >= 11 is 1.69. The normalized spacial score (nSPS) is 14.8. The molecule has 0 unspecified atom stereocenters. The van der Waals surface area contributed by atoms with Crippen molar-refractivity contribution in [1.82, 2.24) is 14.7 Å². The molecule has 112 valence electrons. The number of methoxy groups -OCH3 is 1. The van der Waals surface area contributed by atoms with Gasteiger partial charge in [0.25, 0.3) is 0 Å². The lowest BCUT2D eigenvalue weighted by Gasteiger charge is -2.19. The fraction of sp³-hybridized carbons (Fsp3) is 0.467. The van der Waals surface area contributed by atoms with Crippen LogP contribution in [-0.2, 0) is 22.6 Å². The quantitative estimate of drug-likeness (QED) is 0.871. The molecular formula is C15H19N3O2S. The summed E-state index contributed by atoms with van der Waals surface area (Å²) in [4.78, 5) is 15.3. The van der Waals surface area contributed by atoms with Gasteiger partial charge < -0.3 is 9.64 Å². The molecule has 2 aromatic rings. The second-order valence-corrected chi connectivity index (χ2v) is 6.08. The number of hydrogen-bond acceptors (Lipinski definition) is 4. The number of aromatic nitrogens is 2. The Morgan fingerprint density at radius 3 is 3.14 bits per heavy atom. The summed E-state index contributed by atoms with van der Waals surface area (Å²) in [6, 6.07) is 6.22. The molecule has 0 saturated heterocycles. The van der Waals surface area contributed by atoms with E-state index >= 15 is 0 Å². The van der Waals surface area contributed by atoms with Crippen molar-refractivity contribution >= 4 is 17.2 Å². The Morgan fingerprint density at radius 2 is 2.38 bits per heavy atom. The number of amides is 1. The summed E-state index contributed by atoms with van der Waals surface area (Å²) in [5, 5.41) is 6.73. The molecular weight excluding hydrogens is 286 g/mol. The lowest BCUT2D eigenvalue weighted by Crippen LogP contribution is -2.31. The van der Waals surface area contributed by atoms with Gasteiger partial charge in [0.2, 0.25) is 5.91 Å². The van der Waals surface area contributed by atoms with Crippen LogP contribution in [0.4, 0.5) is 0 Å². The highest BCUT2D eigenvalue weighted by atomic mass is 32.1. The van der Waals surface area contributed by atoms with Crippen LogP contribution in [0.1, 0.15) is 18.5 Å². The van der Waals surface area contributed by atoms with E-state index in [0.29, 0.717) is 19.6 Å². The second-order valence-electron chi connectivity index (χ2n) is 5.13. The average Bonchev–Trinajstić information content (AvgIpc) is 3.10. The Kier molecular flexibility index (Phi) is 4.36. The van der Waals surface area contributed by atoms with Crippen LogP contribution in [-0.4, -0.2) is 40.8 Å². The number of carbonyl (C=O) groups excluding carboxylic acids is 1. The topological polar surface area (TPSA) is 47.4 Å². The van der Waals surface area contributed by atoms with Gasteiger partial charge in [0.1, 0.15) is 5.69 Å². The zero-order valence-corrected chi connectivity index (χ0v) is 12.9. The van der Waals surface area contributed by atoms with E-state index in [0.717, 1.165) is 30.9 Å². The van der Waals surface area contributed by atoms with E-state index in [1.165, 1.54) is 4.88 Å². The first-order valence-corrected chi connectivity index (χ1v) is 8.03. The molecule has 0 saturated carbocycles. The van der Waals surface area contributed by atoms with Crippen molar-refractivity contribution in [2.45, 2.75) is 25.9 Å². The second kappa shape index (κ2) is 6.41. The van der Waals surface area contributed by atoms with Crippen molar-refractivity contribution in [1.29, 1.82) is 0 Å². The zero-order chi connectivity index (χ0) is 14.7. The Hall–Kier alpha value is -1.66. The fourth-order valence-corrected chi connectivity index (χ4v) is 3.25. The fourth-order valence-electron chi connectivity index (χ4n) is 2.57. The molecule has 0 aliphatic carbocycles. The number of fused-ring (bicyclic) bond motifs is 1. The lowest BCUT2D eigenvalue weighted by molar-refractivity contribution is -0.132. The molecule has 0 atom stereocenters. The lowest BCUT2D eigenvalue weighted by atomic mass is 10.3. The standard InChI is InChI=1S/C15H19N3O2S/c1-20-8-5-15(19)17-6-3-7-18-12(11-17)10-13(16-18)14-4-2-9-21-14/h2,4,9-10H,3,5-8,11H2,1H3. The van der Waals surface area contributed by atoms with E-state index in [4.69, 9.17) is 4.74 Å². The first-order chi connectivity index (χ1) is 10.3. The molecule has 0 bridgehead atoms. The molecule has 3 heterocycles. The Morgan fingerprint density at radius 1 is 1.48 bits per heavy atom. The van der Waals surface area contributed by atoms with Gasteiger partial charge in [-0.2, -0.15) is 5.10 Å². The minimum atomic E-state index is 0.157. The van der Waals surface area contributed by atoms with Crippen molar-refractivity contribution in [3.8, 4) is 10.6 Å². The molecule has 1 aliphatic rings. The third kappa shape index (κ3) is 3.16. The number of ether oxygens (including phenoxy) is 1. The zero-order valence-electron chi connectivity index (χ0n) is 12.1. The van der Waals surface area contributed by atoms with Gasteiger partial charge >= 0.3 is 0 Å². The van der Waals surface area contributed by atoms with E-state index in [1.807, 2.05) is 15.6 Å². The number of thiophene rings is 1. The van der Waals surface area contributed by atoms with Gasteiger partial charge in [0.05, 0.1) is 30.1 Å². The maximum Gasteiger partial charge on any atom is 0.225 e. The van der Waals surface area contributed by atoms with E-state index in [-0.39, 0.29) is 5.91 Å². The van der Waals surface area contributed by atoms with Crippen LogP contribution in [0.2, 0.25) is 0 Å². The minimum absolute atomic E-state index is 0.157. The van der Waals surface area contributed by atoms with Gasteiger partial charge in [-0.25, -0.2) is 0 Å². The molecule has 1 amide bonds. The molecule has 1 aliphatic heterocycles. The van der Waals surface area contributed by atoms with Gasteiger partial charge in [-0.05, 0) is 23.9 Å². The van der Waals surface area contributed by atoms with Crippen LogP contribution < -0.4 is 0 Å². The summed E-state index contributed by atoms with van der Waals surface area (Å²) in [5.41, 5.74) is 2.12. The number of nitrogens with zero attached hydrogens (tertiary/aromatic N) is 3. The molecule has 0 fully saturated rings. The largest absolute Gasteiger partial charge is 0.384 e. The molecule has 0 radical (unpaired) electrons. The highest BCUT2D eigenvalue weighted by Gasteiger charge is 2.20. The monoisotopic (exact) mass is 305 g/mol. The summed E-state index contributed by atoms with van der Waals surface area (Å²) in [7, 11) is 1.62. The SMILES string of the molecule is COCCC(=O)N1CCCn2nc(-c3cccs3)cc2C1. The van der Waals surface area contributed by atoms with Crippen LogP contribution in [0.3, 0.4) is 0 Å². The number of rotatable bonds is 4. The first-order valence-electron chi connectivity index (χ1n) is 7.15. The minimum Gasteiger partial charge on any atom is -0.384 e. The molecule has 6 heteroatoms. The molecule has 0 N–H and O–H groups in total. The molecule has 5 nitrogen and oxygen atoms in total. The predicted molar refractivity (Wildman–Crippen MR) is 82.1 cm³/mol. The van der Waals surface area contributed by atoms with Crippen molar-refractivity contribution in [2.24, 2.45) is 0 Å². The highest BCUT2D eigenvalue weighted by Crippen LogP contribution is 2.25. The van der Waals surface area contributed by atoms with Crippen LogP contribution in [0.5, 0.6) is 0 Å². The smallest absolute Gasteiger partial charge is 0.225 e. The van der Waals surface area contributed by atoms with Crippen molar-refractivity contribution in [3.05, 3.63) is 29.3 Å². The maximum absolute atomic E-state index is 12.2. The summed E-state index contributed by atoms with van der Waals surface area (Å²) < 4.78 is 7.03. The van der Waals surface area contributed by atoms with Gasteiger partial charge in [-0.15, -0.1) is 11.3 Å². The van der Waals surface area contributed by atoms with Gasteiger partial charge in [0, 0.05) is 20.2 Å². The Bertz CT molecular complexity index is 606. The average molecular weight is 305 g/mol. The summed E-state index contributed by atoms with van der Waals surface area (Å²) in [6.45, 7) is 2.78. The van der Waals surface area contributed by atoms with E-state index < -0.39 is 0 Å².